The van der Waals surface area contributed by atoms with Gasteiger partial charge in [-0.25, -0.2) is 13.8 Å². The number of halogens is 1. The summed E-state index contributed by atoms with van der Waals surface area (Å²) < 4.78 is 36.1. The number of hydrazone groups is 1. The summed E-state index contributed by atoms with van der Waals surface area (Å²) in [7, 11) is -2.44. The number of carbonyl (C=O) groups excluding carboxylic acids is 2. The zero-order valence-electron chi connectivity index (χ0n) is 19.2. The summed E-state index contributed by atoms with van der Waals surface area (Å²) in [6.45, 7) is 3.09. The third kappa shape index (κ3) is 8.56. The topological polar surface area (TPSA) is 126 Å². The van der Waals surface area contributed by atoms with Gasteiger partial charge in [0.2, 0.25) is 10.0 Å². The minimum Gasteiger partial charge on any atom is -0.495 e. The molecule has 0 spiro atoms. The highest BCUT2D eigenvalue weighted by atomic mass is 35.5. The first-order chi connectivity index (χ1) is 16.0. The van der Waals surface area contributed by atoms with Gasteiger partial charge in [0.05, 0.1) is 25.3 Å². The first-order valence-corrected chi connectivity index (χ1v) is 12.4. The highest BCUT2D eigenvalue weighted by Crippen LogP contribution is 2.32. The average Bonchev–Trinajstić information content (AvgIpc) is 2.75. The Labute approximate surface area is 203 Å². The fourth-order valence-corrected chi connectivity index (χ4v) is 3.76. The van der Waals surface area contributed by atoms with E-state index >= 15 is 0 Å². The first kappa shape index (κ1) is 26.9. The number of nitrogens with one attached hydrogen (secondary N) is 2. The van der Waals surface area contributed by atoms with Crippen molar-refractivity contribution in [3.8, 4) is 11.5 Å². The molecule has 0 aliphatic carbocycles. The van der Waals surface area contributed by atoms with E-state index < -0.39 is 22.5 Å². The van der Waals surface area contributed by atoms with Gasteiger partial charge in [-0.15, -0.1) is 0 Å². The zero-order chi connectivity index (χ0) is 25.3. The summed E-state index contributed by atoms with van der Waals surface area (Å²) in [5.41, 5.74) is 3.08. The number of amides is 2. The van der Waals surface area contributed by atoms with Gasteiger partial charge in [0.15, 0.2) is 6.61 Å². The smallest absolute Gasteiger partial charge is 0.260 e. The van der Waals surface area contributed by atoms with Gasteiger partial charge in [-0.2, -0.15) is 5.10 Å². The van der Waals surface area contributed by atoms with E-state index in [1.54, 1.807) is 30.3 Å². The van der Waals surface area contributed by atoms with Gasteiger partial charge in [0.1, 0.15) is 18.0 Å². The van der Waals surface area contributed by atoms with Gasteiger partial charge >= 0.3 is 0 Å². The van der Waals surface area contributed by atoms with Crippen molar-refractivity contribution in [2.45, 2.75) is 19.9 Å². The Morgan fingerprint density at radius 3 is 2.41 bits per heavy atom. The van der Waals surface area contributed by atoms with Crippen LogP contribution in [-0.2, 0) is 19.6 Å². The van der Waals surface area contributed by atoms with E-state index in [1.807, 2.05) is 13.8 Å². The Balaban J connectivity index is 1.98. The molecule has 12 heteroatoms. The fraction of sp³-hybridized carbons (Fsp3) is 0.318. The predicted molar refractivity (Wildman–Crippen MR) is 131 cm³/mol. The molecule has 0 unspecified atom stereocenters. The van der Waals surface area contributed by atoms with Crippen molar-refractivity contribution < 1.29 is 27.5 Å². The van der Waals surface area contributed by atoms with Crippen LogP contribution in [-0.4, -0.2) is 59.0 Å². The van der Waals surface area contributed by atoms with Gasteiger partial charge in [-0.05, 0) is 61.9 Å². The Morgan fingerprint density at radius 2 is 1.82 bits per heavy atom. The molecule has 2 aromatic rings. The molecule has 0 bridgehead atoms. The molecule has 2 rings (SSSR count). The molecule has 0 saturated carbocycles. The van der Waals surface area contributed by atoms with Crippen LogP contribution >= 0.6 is 11.6 Å². The summed E-state index contributed by atoms with van der Waals surface area (Å²) in [6, 6.07) is 11.2. The van der Waals surface area contributed by atoms with Crippen LogP contribution in [0.15, 0.2) is 47.6 Å². The zero-order valence-corrected chi connectivity index (χ0v) is 20.8. The summed E-state index contributed by atoms with van der Waals surface area (Å²) in [6.07, 6.45) is 2.36. The molecule has 2 amide bonds. The number of methoxy groups -OCH3 is 1. The number of carbonyl (C=O) groups is 2. The summed E-state index contributed by atoms with van der Waals surface area (Å²) in [5.74, 6) is -0.142. The largest absolute Gasteiger partial charge is 0.495 e. The Kier molecular flexibility index (Phi) is 9.69. The van der Waals surface area contributed by atoms with Crippen molar-refractivity contribution in [3.63, 3.8) is 0 Å². The van der Waals surface area contributed by atoms with E-state index in [1.165, 1.54) is 25.5 Å². The highest BCUT2D eigenvalue weighted by molar-refractivity contribution is 7.92. The summed E-state index contributed by atoms with van der Waals surface area (Å²) >= 11 is 5.99. The van der Waals surface area contributed by atoms with Crippen LogP contribution in [0.1, 0.15) is 19.4 Å². The SMILES string of the molecule is COc1ccc(Cl)cc1N(CC(=O)N/N=C\c1ccc(OCC(=O)NC(C)C)cc1)S(C)(=O)=O. The van der Waals surface area contributed by atoms with Crippen molar-refractivity contribution >= 4 is 45.3 Å². The lowest BCUT2D eigenvalue weighted by Gasteiger charge is -2.23. The molecule has 34 heavy (non-hydrogen) atoms. The maximum atomic E-state index is 12.4. The highest BCUT2D eigenvalue weighted by Gasteiger charge is 2.24. The number of nitrogens with zero attached hydrogens (tertiary/aromatic N) is 2. The molecule has 0 saturated heterocycles. The Hall–Kier alpha value is -3.31. The maximum absolute atomic E-state index is 12.4. The Bertz CT molecular complexity index is 1140. The number of hydrogen-bond donors (Lipinski definition) is 2. The normalized spacial score (nSPS) is 11.4. The lowest BCUT2D eigenvalue weighted by atomic mass is 10.2. The van der Waals surface area contributed by atoms with Crippen LogP contribution in [0.5, 0.6) is 11.5 Å². The van der Waals surface area contributed by atoms with Gasteiger partial charge < -0.3 is 14.8 Å². The fourth-order valence-electron chi connectivity index (χ4n) is 2.75. The molecule has 0 fully saturated rings. The van der Waals surface area contributed by atoms with Gasteiger partial charge in [-0.1, -0.05) is 11.6 Å². The van der Waals surface area contributed by atoms with E-state index in [-0.39, 0.29) is 35.0 Å². The number of rotatable bonds is 11. The van der Waals surface area contributed by atoms with Crippen molar-refractivity contribution in [2.24, 2.45) is 5.10 Å². The van der Waals surface area contributed by atoms with E-state index in [0.29, 0.717) is 11.3 Å². The summed E-state index contributed by atoms with van der Waals surface area (Å²) in [5, 5.41) is 6.87. The molecule has 184 valence electrons. The second kappa shape index (κ2) is 12.2. The molecule has 0 radical (unpaired) electrons. The molecule has 2 aromatic carbocycles. The molecule has 0 aromatic heterocycles. The molecule has 0 aliphatic rings. The molecule has 0 heterocycles. The second-order valence-corrected chi connectivity index (χ2v) is 9.80. The Morgan fingerprint density at radius 1 is 1.15 bits per heavy atom. The number of ether oxygens (including phenoxy) is 2. The number of sulfonamides is 1. The standard InChI is InChI=1S/C22H27ClN4O6S/c1-15(2)25-22(29)14-33-18-8-5-16(6-9-18)12-24-26-21(28)13-27(34(4,30)31)19-11-17(23)7-10-20(19)32-3/h5-12,15H,13-14H2,1-4H3,(H,25,29)(H,26,28)/b24-12-. The van der Waals surface area contributed by atoms with Crippen LogP contribution in [0, 0.1) is 0 Å². The van der Waals surface area contributed by atoms with Gasteiger partial charge in [0, 0.05) is 11.1 Å². The van der Waals surface area contributed by atoms with Crippen molar-refractivity contribution in [2.75, 3.05) is 30.8 Å². The van der Waals surface area contributed by atoms with E-state index in [4.69, 9.17) is 21.1 Å². The van der Waals surface area contributed by atoms with Gasteiger partial charge in [-0.3, -0.25) is 13.9 Å². The van der Waals surface area contributed by atoms with Crippen molar-refractivity contribution in [1.82, 2.24) is 10.7 Å². The second-order valence-electron chi connectivity index (χ2n) is 7.46. The number of hydrogen-bond acceptors (Lipinski definition) is 7. The van der Waals surface area contributed by atoms with Crippen LogP contribution in [0.3, 0.4) is 0 Å². The van der Waals surface area contributed by atoms with E-state index in [0.717, 1.165) is 10.6 Å². The van der Waals surface area contributed by atoms with E-state index in [2.05, 4.69) is 15.8 Å². The molecule has 2 N–H and O–H groups in total. The monoisotopic (exact) mass is 510 g/mol. The quantitative estimate of drug-likeness (QED) is 0.352. The molecule has 10 nitrogen and oxygen atoms in total. The average molecular weight is 511 g/mol. The van der Waals surface area contributed by atoms with Crippen LogP contribution in [0.4, 0.5) is 5.69 Å². The number of anilines is 1. The molecular weight excluding hydrogens is 484 g/mol. The third-order valence-electron chi connectivity index (χ3n) is 4.20. The lowest BCUT2D eigenvalue weighted by Crippen LogP contribution is -2.39. The van der Waals surface area contributed by atoms with Gasteiger partial charge in [0.25, 0.3) is 11.8 Å². The van der Waals surface area contributed by atoms with Crippen LogP contribution < -0.4 is 24.5 Å². The maximum Gasteiger partial charge on any atom is 0.260 e. The lowest BCUT2D eigenvalue weighted by molar-refractivity contribution is -0.123. The van der Waals surface area contributed by atoms with Crippen molar-refractivity contribution in [3.05, 3.63) is 53.1 Å². The third-order valence-corrected chi connectivity index (χ3v) is 5.56. The molecule has 0 atom stereocenters. The van der Waals surface area contributed by atoms with Crippen LogP contribution in [0.2, 0.25) is 5.02 Å². The number of benzene rings is 2. The minimum atomic E-state index is -3.82. The van der Waals surface area contributed by atoms with E-state index in [9.17, 15) is 18.0 Å². The van der Waals surface area contributed by atoms with Crippen LogP contribution in [0.25, 0.3) is 0 Å². The predicted octanol–water partition coefficient (Wildman–Crippen LogP) is 2.17. The molecule has 0 aliphatic heterocycles. The minimum absolute atomic E-state index is 0.0296. The van der Waals surface area contributed by atoms with Crippen molar-refractivity contribution in [1.29, 1.82) is 0 Å². The first-order valence-electron chi connectivity index (χ1n) is 10.1. The summed E-state index contributed by atoms with van der Waals surface area (Å²) in [4.78, 5) is 24.0. The molecular formula is C22H27ClN4O6S.